The SMILES string of the molecule is C=CCN(CC=C)[C@@H]1c2onc(OCc3ccccc3)c2C(=O)[C@@]2(O[Si](C)(C)C(C)(C)C)C(O)=C3C(=O)c4c(c(OC(F)(F)F)cc(NC(=O)CN(C)C)c4OCc4ccccc4)C[C@H]3C[C@@H]12. The number of aliphatic hydroxyl groups is 1. The van der Waals surface area contributed by atoms with E-state index < -0.39 is 72.2 Å². The third-order valence-electron chi connectivity index (χ3n) is 13.0. The van der Waals surface area contributed by atoms with E-state index >= 15 is 9.59 Å². The first-order valence-corrected chi connectivity index (χ1v) is 24.9. The molecule has 0 bridgehead atoms. The van der Waals surface area contributed by atoms with Crippen molar-refractivity contribution >= 4 is 31.5 Å². The zero-order valence-corrected chi connectivity index (χ0v) is 39.8. The van der Waals surface area contributed by atoms with Crippen LogP contribution >= 0.6 is 0 Å². The summed E-state index contributed by atoms with van der Waals surface area (Å²) < 4.78 is 73.9. The van der Waals surface area contributed by atoms with Crippen LogP contribution in [0.25, 0.3) is 0 Å². The first-order valence-electron chi connectivity index (χ1n) is 22.0. The number of halogens is 3. The predicted octanol–water partition coefficient (Wildman–Crippen LogP) is 9.79. The maximum Gasteiger partial charge on any atom is 0.573 e. The molecule has 0 fully saturated rings. The van der Waals surface area contributed by atoms with Gasteiger partial charge in [0.05, 0.1) is 23.8 Å². The highest BCUT2D eigenvalue weighted by molar-refractivity contribution is 6.74. The molecule has 4 atom stereocenters. The summed E-state index contributed by atoms with van der Waals surface area (Å²) in [5.41, 5.74) is -1.95. The minimum Gasteiger partial charge on any atom is -0.508 e. The lowest BCUT2D eigenvalue weighted by Crippen LogP contribution is -2.65. The Hall–Kier alpha value is -6.01. The number of ketones is 2. The number of rotatable bonds is 17. The summed E-state index contributed by atoms with van der Waals surface area (Å²) in [7, 11) is 0.108. The number of fused-ring (bicyclic) bond motifs is 4. The summed E-state index contributed by atoms with van der Waals surface area (Å²) in [6.07, 6.45) is -2.23. The molecule has 13 nitrogen and oxygen atoms in total. The Bertz CT molecular complexity index is 2560. The van der Waals surface area contributed by atoms with Crippen molar-refractivity contribution in [2.24, 2.45) is 11.8 Å². The number of alkyl halides is 3. The number of benzene rings is 3. The van der Waals surface area contributed by atoms with Crippen molar-refractivity contribution in [3.05, 3.63) is 137 Å². The number of amides is 1. The molecule has 1 aromatic heterocycles. The Morgan fingerprint density at radius 2 is 1.57 bits per heavy atom. The average molecular weight is 943 g/mol. The van der Waals surface area contributed by atoms with Gasteiger partial charge >= 0.3 is 6.36 Å². The van der Waals surface area contributed by atoms with Crippen molar-refractivity contribution in [2.75, 3.05) is 39.0 Å². The first-order chi connectivity index (χ1) is 31.6. The van der Waals surface area contributed by atoms with Gasteiger partial charge in [-0.15, -0.1) is 26.3 Å². The van der Waals surface area contributed by atoms with Crippen LogP contribution in [0.5, 0.6) is 17.4 Å². The maximum absolute atomic E-state index is 15.9. The van der Waals surface area contributed by atoms with Gasteiger partial charge in [-0.2, -0.15) is 0 Å². The van der Waals surface area contributed by atoms with Gasteiger partial charge in [-0.1, -0.05) is 93.6 Å². The van der Waals surface area contributed by atoms with E-state index in [4.69, 9.17) is 18.4 Å². The molecule has 7 rings (SSSR count). The molecule has 67 heavy (non-hydrogen) atoms. The van der Waals surface area contributed by atoms with E-state index in [-0.39, 0.29) is 91.0 Å². The number of carbonyl (C=O) groups is 3. The van der Waals surface area contributed by atoms with E-state index in [1.165, 1.54) is 0 Å². The van der Waals surface area contributed by atoms with Crippen LogP contribution in [0.2, 0.25) is 18.1 Å². The minimum atomic E-state index is -5.22. The highest BCUT2D eigenvalue weighted by atomic mass is 28.4. The second-order valence-electron chi connectivity index (χ2n) is 19.0. The number of anilines is 1. The number of allylic oxidation sites excluding steroid dienone is 1. The molecule has 0 radical (unpaired) electrons. The smallest absolute Gasteiger partial charge is 0.508 e. The zero-order chi connectivity index (χ0) is 48.6. The van der Waals surface area contributed by atoms with Crippen molar-refractivity contribution in [3.63, 3.8) is 0 Å². The Labute approximate surface area is 389 Å². The second kappa shape index (κ2) is 18.9. The van der Waals surface area contributed by atoms with Gasteiger partial charge in [0.15, 0.2) is 31.2 Å². The second-order valence-corrected chi connectivity index (χ2v) is 23.7. The van der Waals surface area contributed by atoms with E-state index in [0.717, 1.165) is 11.6 Å². The molecule has 0 saturated carbocycles. The van der Waals surface area contributed by atoms with Crippen molar-refractivity contribution in [1.29, 1.82) is 0 Å². The van der Waals surface area contributed by atoms with Gasteiger partial charge in [-0.05, 0) is 67.3 Å². The number of carbonyl (C=O) groups excluding carboxylic acids is 3. The summed E-state index contributed by atoms with van der Waals surface area (Å²) in [4.78, 5) is 48.4. The van der Waals surface area contributed by atoms with Crippen LogP contribution in [0.1, 0.15) is 76.4 Å². The summed E-state index contributed by atoms with van der Waals surface area (Å²) >= 11 is 0. The van der Waals surface area contributed by atoms with Crippen LogP contribution in [-0.2, 0) is 28.9 Å². The number of hydrogen-bond donors (Lipinski definition) is 2. The van der Waals surface area contributed by atoms with Crippen LogP contribution in [0.15, 0.2) is 108 Å². The third-order valence-corrected chi connectivity index (χ3v) is 17.4. The van der Waals surface area contributed by atoms with Gasteiger partial charge in [0.1, 0.15) is 30.3 Å². The number of ether oxygens (including phenoxy) is 3. The number of nitrogens with zero attached hydrogens (tertiary/aromatic N) is 3. The molecule has 0 unspecified atom stereocenters. The standard InChI is InChI=1S/C50H57F3N4O9Si/c1-10-22-57(23-11-2)41-34-25-32-24-33-36(64-50(51,52)53)26-35(54-37(58)27-56(6)7)43(62-28-30-18-14-12-15-19-30)39(33)42(59)38(32)45(60)49(34,66-67(8,9)48(3,4)5)46(61)40-44(41)65-55-47(40)63-29-31-20-16-13-17-21-31/h10-21,26,32,34,41,60H,1-2,22-25,27-29H2,3-9H3,(H,54,58)/t32-,34-,41-,49-/m0/s1. The molecule has 3 aliphatic carbocycles. The topological polar surface area (TPSA) is 153 Å². The van der Waals surface area contributed by atoms with Crippen molar-refractivity contribution in [3.8, 4) is 17.4 Å². The van der Waals surface area contributed by atoms with Crippen LogP contribution < -0.4 is 19.5 Å². The van der Waals surface area contributed by atoms with E-state index in [1.807, 2.05) is 69.1 Å². The lowest BCUT2D eigenvalue weighted by atomic mass is 9.58. The normalized spacial score (nSPS) is 20.4. The summed E-state index contributed by atoms with van der Waals surface area (Å²) in [5, 5.41) is 19.7. The number of nitrogens with one attached hydrogen (secondary N) is 1. The van der Waals surface area contributed by atoms with E-state index in [2.05, 4.69) is 28.4 Å². The van der Waals surface area contributed by atoms with E-state index in [0.29, 0.717) is 5.56 Å². The fourth-order valence-electron chi connectivity index (χ4n) is 9.10. The number of aliphatic hydroxyl groups excluding tert-OH is 1. The molecule has 356 valence electrons. The summed E-state index contributed by atoms with van der Waals surface area (Å²) in [5.74, 6) is -5.97. The highest BCUT2D eigenvalue weighted by Crippen LogP contribution is 2.61. The average Bonchev–Trinajstić information content (AvgIpc) is 3.67. The molecule has 17 heteroatoms. The van der Waals surface area contributed by atoms with E-state index in [1.54, 1.807) is 61.5 Å². The van der Waals surface area contributed by atoms with Crippen LogP contribution in [0.4, 0.5) is 18.9 Å². The minimum absolute atomic E-state index is 0.00618. The van der Waals surface area contributed by atoms with Gasteiger partial charge in [0.2, 0.25) is 11.7 Å². The molecular weight excluding hydrogens is 886 g/mol. The molecular formula is C50H57F3N4O9Si. The molecule has 0 spiro atoms. The van der Waals surface area contributed by atoms with E-state index in [9.17, 15) is 23.1 Å². The molecule has 0 saturated heterocycles. The number of aromatic nitrogens is 1. The zero-order valence-electron chi connectivity index (χ0n) is 38.8. The summed E-state index contributed by atoms with van der Waals surface area (Å²) in [6.45, 7) is 17.9. The lowest BCUT2D eigenvalue weighted by Gasteiger charge is -2.55. The van der Waals surface area contributed by atoms with Gasteiger partial charge in [-0.3, -0.25) is 19.3 Å². The van der Waals surface area contributed by atoms with Crippen molar-refractivity contribution in [2.45, 2.75) is 83.0 Å². The van der Waals surface area contributed by atoms with Crippen molar-refractivity contribution in [1.82, 2.24) is 15.0 Å². The molecule has 3 aliphatic rings. The molecule has 1 amide bonds. The fourth-order valence-corrected chi connectivity index (χ4v) is 10.6. The Morgan fingerprint density at radius 3 is 2.12 bits per heavy atom. The van der Waals surface area contributed by atoms with Gasteiger partial charge < -0.3 is 38.5 Å². The van der Waals surface area contributed by atoms with Crippen LogP contribution in [0.3, 0.4) is 0 Å². The quantitative estimate of drug-likeness (QED) is 0.0766. The maximum atomic E-state index is 15.9. The number of likely N-dealkylation sites (N-methyl/N-ethyl adjacent to an activating group) is 1. The molecule has 4 aromatic rings. The van der Waals surface area contributed by atoms with Gasteiger partial charge in [0.25, 0.3) is 5.88 Å². The monoisotopic (exact) mass is 942 g/mol. The first kappa shape index (κ1) is 48.9. The summed E-state index contributed by atoms with van der Waals surface area (Å²) in [6, 6.07) is 18.2. The van der Waals surface area contributed by atoms with Crippen LogP contribution in [-0.4, -0.2) is 91.5 Å². The predicted molar refractivity (Wildman–Crippen MR) is 248 cm³/mol. The lowest BCUT2D eigenvalue weighted by molar-refractivity contribution is -0.275. The third kappa shape index (κ3) is 9.60. The fraction of sp³-hybridized carbons (Fsp3) is 0.400. The Kier molecular flexibility index (Phi) is 13.8. The number of hydrogen-bond acceptors (Lipinski definition) is 12. The molecule has 1 heterocycles. The van der Waals surface area contributed by atoms with Gasteiger partial charge in [0, 0.05) is 36.2 Å². The largest absolute Gasteiger partial charge is 0.573 e. The number of Topliss-reactive ketones (excluding diaryl/α,β-unsaturated/α-hetero) is 2. The molecule has 0 aliphatic heterocycles. The van der Waals surface area contributed by atoms with Gasteiger partial charge in [-0.25, -0.2) is 0 Å². The molecule has 3 aromatic carbocycles. The Balaban J connectivity index is 1.50. The molecule has 2 N–H and O–H groups in total. The highest BCUT2D eigenvalue weighted by Gasteiger charge is 2.68. The Morgan fingerprint density at radius 1 is 0.970 bits per heavy atom. The van der Waals surface area contributed by atoms with Crippen molar-refractivity contribution < 1.29 is 55.8 Å². The van der Waals surface area contributed by atoms with Crippen LogP contribution in [0, 0.1) is 11.8 Å².